The van der Waals surface area contributed by atoms with Crippen LogP contribution < -0.4 is 0 Å². The molecule has 5 heteroatoms. The average molecular weight is 271 g/mol. The van der Waals surface area contributed by atoms with Crippen molar-refractivity contribution < 1.29 is 19.4 Å². The first-order valence-electron chi connectivity index (χ1n) is 7.18. The zero-order valence-corrected chi connectivity index (χ0v) is 11.9. The number of amides is 1. The van der Waals surface area contributed by atoms with Crippen LogP contribution in [0.2, 0.25) is 0 Å². The smallest absolute Gasteiger partial charge is 0.308 e. The van der Waals surface area contributed by atoms with Gasteiger partial charge in [-0.15, -0.1) is 0 Å². The van der Waals surface area contributed by atoms with E-state index in [0.717, 1.165) is 19.3 Å². The standard InChI is InChI=1S/C14H25NO4/c1-3-11-5-6-13(17)15(8-7-11)10-12(16)9-14(18)19-4-2/h11-12,16H,3-10H2,1-2H3. The van der Waals surface area contributed by atoms with Crippen molar-refractivity contribution in [2.45, 2.75) is 52.1 Å². The lowest BCUT2D eigenvalue weighted by atomic mass is 9.98. The summed E-state index contributed by atoms with van der Waals surface area (Å²) in [6, 6.07) is 0. The van der Waals surface area contributed by atoms with Crippen LogP contribution in [0.3, 0.4) is 0 Å². The van der Waals surface area contributed by atoms with Gasteiger partial charge in [-0.05, 0) is 25.7 Å². The summed E-state index contributed by atoms with van der Waals surface area (Å²) in [6.07, 6.45) is 2.67. The van der Waals surface area contributed by atoms with Crippen LogP contribution in [0, 0.1) is 5.92 Å². The van der Waals surface area contributed by atoms with E-state index in [0.29, 0.717) is 25.5 Å². The second-order valence-electron chi connectivity index (χ2n) is 5.10. The minimum atomic E-state index is -0.832. The molecule has 1 fully saturated rings. The van der Waals surface area contributed by atoms with Gasteiger partial charge in [0.05, 0.1) is 19.1 Å². The number of nitrogens with zero attached hydrogens (tertiary/aromatic N) is 1. The molecule has 2 unspecified atom stereocenters. The second-order valence-corrected chi connectivity index (χ2v) is 5.10. The van der Waals surface area contributed by atoms with E-state index in [1.807, 2.05) is 0 Å². The quantitative estimate of drug-likeness (QED) is 0.740. The first-order chi connectivity index (χ1) is 9.06. The summed E-state index contributed by atoms with van der Waals surface area (Å²) in [7, 11) is 0. The number of aliphatic hydroxyl groups is 1. The second kappa shape index (κ2) is 8.15. The van der Waals surface area contributed by atoms with Gasteiger partial charge in [-0.1, -0.05) is 13.3 Å². The van der Waals surface area contributed by atoms with Crippen LogP contribution in [-0.2, 0) is 14.3 Å². The Balaban J connectivity index is 2.41. The zero-order chi connectivity index (χ0) is 14.3. The number of carbonyl (C=O) groups excluding carboxylic acids is 2. The molecule has 0 bridgehead atoms. The van der Waals surface area contributed by atoms with Gasteiger partial charge in [0.15, 0.2) is 0 Å². The van der Waals surface area contributed by atoms with E-state index in [-0.39, 0.29) is 18.9 Å². The van der Waals surface area contributed by atoms with Gasteiger partial charge in [-0.2, -0.15) is 0 Å². The number of carbonyl (C=O) groups is 2. The number of rotatable bonds is 6. The molecule has 1 saturated heterocycles. The summed E-state index contributed by atoms with van der Waals surface area (Å²) in [5, 5.41) is 9.84. The highest BCUT2D eigenvalue weighted by Gasteiger charge is 2.24. The Bertz CT molecular complexity index is 306. The molecule has 0 aromatic carbocycles. The molecule has 1 aliphatic heterocycles. The summed E-state index contributed by atoms with van der Waals surface area (Å²) in [5.41, 5.74) is 0. The summed E-state index contributed by atoms with van der Waals surface area (Å²) in [4.78, 5) is 24.9. The summed E-state index contributed by atoms with van der Waals surface area (Å²) in [6.45, 7) is 5.09. The Labute approximate surface area is 114 Å². The van der Waals surface area contributed by atoms with Crippen LogP contribution in [0.1, 0.15) is 46.0 Å². The summed E-state index contributed by atoms with van der Waals surface area (Å²) in [5.74, 6) is 0.263. The monoisotopic (exact) mass is 271 g/mol. The van der Waals surface area contributed by atoms with Crippen molar-refractivity contribution in [1.29, 1.82) is 0 Å². The predicted molar refractivity (Wildman–Crippen MR) is 71.5 cm³/mol. The van der Waals surface area contributed by atoms with Crippen molar-refractivity contribution in [2.75, 3.05) is 19.7 Å². The van der Waals surface area contributed by atoms with Crippen LogP contribution in [0.4, 0.5) is 0 Å². The SMILES string of the molecule is CCOC(=O)CC(O)CN1CCC(CC)CCC1=O. The van der Waals surface area contributed by atoms with Gasteiger partial charge in [0, 0.05) is 19.5 Å². The Morgan fingerprint density at radius 3 is 2.84 bits per heavy atom. The molecule has 1 amide bonds. The van der Waals surface area contributed by atoms with Gasteiger partial charge in [-0.3, -0.25) is 9.59 Å². The Morgan fingerprint density at radius 2 is 2.21 bits per heavy atom. The van der Waals surface area contributed by atoms with Gasteiger partial charge < -0.3 is 14.7 Å². The molecule has 1 heterocycles. The maximum Gasteiger partial charge on any atom is 0.308 e. The molecular weight excluding hydrogens is 246 g/mol. The highest BCUT2D eigenvalue weighted by atomic mass is 16.5. The van der Waals surface area contributed by atoms with Crippen LogP contribution in [-0.4, -0.2) is 47.7 Å². The molecular formula is C14H25NO4. The lowest BCUT2D eigenvalue weighted by Crippen LogP contribution is -2.38. The van der Waals surface area contributed by atoms with Gasteiger partial charge in [0.1, 0.15) is 0 Å². The van der Waals surface area contributed by atoms with Crippen molar-refractivity contribution in [3.8, 4) is 0 Å². The van der Waals surface area contributed by atoms with Gasteiger partial charge >= 0.3 is 5.97 Å². The van der Waals surface area contributed by atoms with Crippen molar-refractivity contribution in [2.24, 2.45) is 5.92 Å². The van der Waals surface area contributed by atoms with Crippen molar-refractivity contribution in [3.05, 3.63) is 0 Å². The van der Waals surface area contributed by atoms with E-state index >= 15 is 0 Å². The number of likely N-dealkylation sites (tertiary alicyclic amines) is 1. The van der Waals surface area contributed by atoms with E-state index < -0.39 is 12.1 Å². The third-order valence-corrected chi connectivity index (χ3v) is 3.64. The van der Waals surface area contributed by atoms with E-state index in [1.54, 1.807) is 11.8 Å². The highest BCUT2D eigenvalue weighted by Crippen LogP contribution is 2.21. The first-order valence-corrected chi connectivity index (χ1v) is 7.18. The molecule has 1 aliphatic rings. The third-order valence-electron chi connectivity index (χ3n) is 3.64. The summed E-state index contributed by atoms with van der Waals surface area (Å²) >= 11 is 0. The largest absolute Gasteiger partial charge is 0.466 e. The number of hydrogen-bond donors (Lipinski definition) is 1. The number of esters is 1. The van der Waals surface area contributed by atoms with Crippen LogP contribution in [0.5, 0.6) is 0 Å². The Hall–Kier alpha value is -1.10. The van der Waals surface area contributed by atoms with E-state index in [2.05, 4.69) is 6.92 Å². The summed E-state index contributed by atoms with van der Waals surface area (Å²) < 4.78 is 4.79. The molecule has 2 atom stereocenters. The molecule has 0 aromatic heterocycles. The fourth-order valence-corrected chi connectivity index (χ4v) is 2.43. The Kier molecular flexibility index (Phi) is 6.84. The molecule has 0 aromatic rings. The van der Waals surface area contributed by atoms with Crippen molar-refractivity contribution in [1.82, 2.24) is 4.90 Å². The zero-order valence-electron chi connectivity index (χ0n) is 11.9. The van der Waals surface area contributed by atoms with Gasteiger partial charge in [-0.25, -0.2) is 0 Å². The molecule has 1 rings (SSSR count). The molecule has 0 saturated carbocycles. The van der Waals surface area contributed by atoms with E-state index in [4.69, 9.17) is 4.74 Å². The van der Waals surface area contributed by atoms with E-state index in [9.17, 15) is 14.7 Å². The van der Waals surface area contributed by atoms with Gasteiger partial charge in [0.25, 0.3) is 0 Å². The maximum absolute atomic E-state index is 11.9. The highest BCUT2D eigenvalue weighted by molar-refractivity contribution is 5.76. The van der Waals surface area contributed by atoms with Crippen LogP contribution in [0.25, 0.3) is 0 Å². The van der Waals surface area contributed by atoms with Crippen LogP contribution >= 0.6 is 0 Å². The number of hydrogen-bond acceptors (Lipinski definition) is 4. The molecule has 0 spiro atoms. The maximum atomic E-state index is 11.9. The molecule has 0 aliphatic carbocycles. The fraction of sp³-hybridized carbons (Fsp3) is 0.857. The molecule has 110 valence electrons. The third kappa shape index (κ3) is 5.59. The first kappa shape index (κ1) is 16.0. The molecule has 0 radical (unpaired) electrons. The molecule has 5 nitrogen and oxygen atoms in total. The minimum absolute atomic E-state index is 0.0468. The fourth-order valence-electron chi connectivity index (χ4n) is 2.43. The molecule has 19 heavy (non-hydrogen) atoms. The number of ether oxygens (including phenoxy) is 1. The van der Waals surface area contributed by atoms with Crippen molar-refractivity contribution >= 4 is 11.9 Å². The lowest BCUT2D eigenvalue weighted by molar-refractivity contribution is -0.146. The predicted octanol–water partition coefficient (Wildman–Crippen LogP) is 1.34. The normalized spacial score (nSPS) is 21.9. The average Bonchev–Trinajstić information content (AvgIpc) is 2.53. The molecule has 1 N–H and O–H groups in total. The number of β-amino-alcohol motifs (C(OH)–C–C–N with tert-alkyl or cyclic N) is 1. The number of aliphatic hydroxyl groups excluding tert-OH is 1. The van der Waals surface area contributed by atoms with Crippen molar-refractivity contribution in [3.63, 3.8) is 0 Å². The van der Waals surface area contributed by atoms with E-state index in [1.165, 1.54) is 0 Å². The van der Waals surface area contributed by atoms with Crippen LogP contribution in [0.15, 0.2) is 0 Å². The van der Waals surface area contributed by atoms with Gasteiger partial charge in [0.2, 0.25) is 5.91 Å². The topological polar surface area (TPSA) is 66.8 Å². The minimum Gasteiger partial charge on any atom is -0.466 e. The lowest BCUT2D eigenvalue weighted by Gasteiger charge is -2.23. The Morgan fingerprint density at radius 1 is 1.47 bits per heavy atom.